The number of phenolic OH excluding ortho intramolecular Hbond substituents is 1. The number of pyridine rings is 1. The number of hydrogen-bond acceptors (Lipinski definition) is 5. The van der Waals surface area contributed by atoms with Crippen molar-refractivity contribution in [2.45, 2.75) is 6.92 Å². The van der Waals surface area contributed by atoms with Gasteiger partial charge < -0.3 is 9.84 Å². The van der Waals surface area contributed by atoms with Gasteiger partial charge in [-0.3, -0.25) is 9.78 Å². The minimum atomic E-state index is -0.345. The molecule has 0 spiro atoms. The summed E-state index contributed by atoms with van der Waals surface area (Å²) in [6.07, 6.45) is 4.54. The number of aromatic nitrogens is 1. The second-order valence-electron chi connectivity index (χ2n) is 4.22. The van der Waals surface area contributed by atoms with Gasteiger partial charge in [-0.25, -0.2) is 5.43 Å². The molecule has 0 unspecified atom stereocenters. The van der Waals surface area contributed by atoms with Crippen molar-refractivity contribution in [3.63, 3.8) is 0 Å². The minimum Gasteiger partial charge on any atom is -0.504 e. The zero-order valence-corrected chi connectivity index (χ0v) is 13.9. The number of nitrogens with one attached hydrogen (secondary N) is 1. The quantitative estimate of drug-likeness (QED) is 0.450. The van der Waals surface area contributed by atoms with Gasteiger partial charge in [-0.15, -0.1) is 0 Å². The molecule has 0 bridgehead atoms. The van der Waals surface area contributed by atoms with Gasteiger partial charge in [-0.1, -0.05) is 0 Å². The van der Waals surface area contributed by atoms with E-state index in [2.05, 4.69) is 15.5 Å². The number of halogens is 1. The lowest BCUT2D eigenvalue weighted by Crippen LogP contribution is -2.17. The van der Waals surface area contributed by atoms with Crippen LogP contribution in [-0.2, 0) is 0 Å². The van der Waals surface area contributed by atoms with E-state index in [0.29, 0.717) is 27.1 Å². The molecular weight excluding hydrogens is 397 g/mol. The molecule has 0 radical (unpaired) electrons. The number of ether oxygens (including phenoxy) is 1. The molecule has 2 rings (SSSR count). The van der Waals surface area contributed by atoms with Crippen molar-refractivity contribution in [2.24, 2.45) is 5.10 Å². The Morgan fingerprint density at radius 3 is 3.05 bits per heavy atom. The van der Waals surface area contributed by atoms with E-state index in [1.807, 2.05) is 29.5 Å². The first kappa shape index (κ1) is 16.2. The standard InChI is InChI=1S/C15H14IN3O3/c1-2-22-13-7-10(6-12(16)14(13)20)8-18-19-15(21)11-4-3-5-17-9-11/h3-9,20H,2H2,1H3,(H,19,21)/b18-8-. The molecule has 0 saturated heterocycles. The molecule has 1 aromatic carbocycles. The molecule has 0 saturated carbocycles. The van der Waals surface area contributed by atoms with Gasteiger partial charge in [0.1, 0.15) is 0 Å². The molecule has 22 heavy (non-hydrogen) atoms. The van der Waals surface area contributed by atoms with Gasteiger partial charge in [0, 0.05) is 12.4 Å². The lowest BCUT2D eigenvalue weighted by molar-refractivity contribution is 0.0955. The maximum absolute atomic E-state index is 11.8. The van der Waals surface area contributed by atoms with Crippen LogP contribution in [0.1, 0.15) is 22.8 Å². The molecule has 0 atom stereocenters. The van der Waals surface area contributed by atoms with Crippen LogP contribution in [0.3, 0.4) is 0 Å². The fourth-order valence-corrected chi connectivity index (χ4v) is 2.29. The summed E-state index contributed by atoms with van der Waals surface area (Å²) < 4.78 is 5.99. The van der Waals surface area contributed by atoms with Crippen molar-refractivity contribution < 1.29 is 14.6 Å². The van der Waals surface area contributed by atoms with Gasteiger partial charge in [-0.2, -0.15) is 5.10 Å². The summed E-state index contributed by atoms with van der Waals surface area (Å²) in [5.41, 5.74) is 3.55. The third-order valence-corrected chi connectivity index (χ3v) is 3.48. The summed E-state index contributed by atoms with van der Waals surface area (Å²) >= 11 is 2.00. The van der Waals surface area contributed by atoms with Crippen LogP contribution in [0.15, 0.2) is 41.8 Å². The van der Waals surface area contributed by atoms with Crippen molar-refractivity contribution in [2.75, 3.05) is 6.61 Å². The van der Waals surface area contributed by atoms with Gasteiger partial charge in [-0.05, 0) is 59.3 Å². The fourth-order valence-electron chi connectivity index (χ4n) is 1.66. The van der Waals surface area contributed by atoms with Crippen molar-refractivity contribution >= 4 is 34.7 Å². The molecule has 0 fully saturated rings. The molecule has 0 aliphatic heterocycles. The first-order chi connectivity index (χ1) is 10.6. The molecule has 114 valence electrons. The summed E-state index contributed by atoms with van der Waals surface area (Å²) in [6, 6.07) is 6.71. The third-order valence-electron chi connectivity index (χ3n) is 2.65. The second-order valence-corrected chi connectivity index (χ2v) is 5.39. The number of hydrazone groups is 1. The van der Waals surface area contributed by atoms with E-state index in [1.165, 1.54) is 12.4 Å². The molecule has 0 aliphatic rings. The van der Waals surface area contributed by atoms with Crippen LogP contribution < -0.4 is 10.2 Å². The number of nitrogens with zero attached hydrogens (tertiary/aromatic N) is 2. The van der Waals surface area contributed by atoms with Crippen LogP contribution >= 0.6 is 22.6 Å². The van der Waals surface area contributed by atoms with Crippen LogP contribution in [0.4, 0.5) is 0 Å². The summed E-state index contributed by atoms with van der Waals surface area (Å²) in [5.74, 6) is 0.135. The van der Waals surface area contributed by atoms with Crippen LogP contribution in [0.5, 0.6) is 11.5 Å². The molecule has 2 N–H and O–H groups in total. The molecule has 1 heterocycles. The van der Waals surface area contributed by atoms with Crippen LogP contribution in [0.2, 0.25) is 0 Å². The van der Waals surface area contributed by atoms with E-state index in [0.717, 1.165) is 0 Å². The normalized spacial score (nSPS) is 10.6. The maximum atomic E-state index is 11.8. The van der Waals surface area contributed by atoms with Gasteiger partial charge in [0.15, 0.2) is 11.5 Å². The highest BCUT2D eigenvalue weighted by molar-refractivity contribution is 14.1. The number of phenols is 1. The van der Waals surface area contributed by atoms with E-state index in [9.17, 15) is 9.90 Å². The summed E-state index contributed by atoms with van der Waals surface area (Å²) in [4.78, 5) is 15.7. The Labute approximate surface area is 141 Å². The lowest BCUT2D eigenvalue weighted by atomic mass is 10.2. The van der Waals surface area contributed by atoms with Crippen LogP contribution in [0, 0.1) is 3.57 Å². The summed E-state index contributed by atoms with van der Waals surface area (Å²) in [7, 11) is 0. The van der Waals surface area contributed by atoms with Gasteiger partial charge in [0.25, 0.3) is 5.91 Å². The number of aromatic hydroxyl groups is 1. The van der Waals surface area contributed by atoms with Gasteiger partial charge >= 0.3 is 0 Å². The Morgan fingerprint density at radius 1 is 1.55 bits per heavy atom. The predicted molar refractivity (Wildman–Crippen MR) is 91.3 cm³/mol. The topological polar surface area (TPSA) is 83.8 Å². The van der Waals surface area contributed by atoms with Gasteiger partial charge in [0.2, 0.25) is 0 Å². The Balaban J connectivity index is 2.09. The Hall–Kier alpha value is -2.16. The number of benzene rings is 1. The largest absolute Gasteiger partial charge is 0.504 e. The second kappa shape index (κ2) is 7.74. The van der Waals surface area contributed by atoms with Crippen LogP contribution in [-0.4, -0.2) is 28.8 Å². The number of amides is 1. The Morgan fingerprint density at radius 2 is 2.36 bits per heavy atom. The molecule has 6 nitrogen and oxygen atoms in total. The smallest absolute Gasteiger partial charge is 0.272 e. The first-order valence-corrected chi connectivity index (χ1v) is 7.58. The zero-order chi connectivity index (χ0) is 15.9. The molecule has 1 aromatic heterocycles. The number of hydrogen-bond donors (Lipinski definition) is 2. The van der Waals surface area contributed by atoms with Gasteiger partial charge in [0.05, 0.1) is 22.0 Å². The lowest BCUT2D eigenvalue weighted by Gasteiger charge is -2.08. The number of carbonyl (C=O) groups excluding carboxylic acids is 1. The number of carbonyl (C=O) groups is 1. The molecule has 0 aliphatic carbocycles. The average molecular weight is 411 g/mol. The Kier molecular flexibility index (Phi) is 5.70. The molecule has 7 heteroatoms. The highest BCUT2D eigenvalue weighted by Crippen LogP contribution is 2.32. The molecular formula is C15H14IN3O3. The molecule has 1 amide bonds. The SMILES string of the molecule is CCOc1cc(/C=N\NC(=O)c2cccnc2)cc(I)c1O. The average Bonchev–Trinajstić information content (AvgIpc) is 2.53. The third kappa shape index (κ3) is 4.17. The summed E-state index contributed by atoms with van der Waals surface area (Å²) in [5, 5.41) is 13.8. The van der Waals surface area contributed by atoms with E-state index in [-0.39, 0.29) is 11.7 Å². The predicted octanol–water partition coefficient (Wildman–Crippen LogP) is 2.55. The highest BCUT2D eigenvalue weighted by atomic mass is 127. The highest BCUT2D eigenvalue weighted by Gasteiger charge is 2.08. The number of rotatable bonds is 5. The van der Waals surface area contributed by atoms with Crippen molar-refractivity contribution in [1.29, 1.82) is 0 Å². The van der Waals surface area contributed by atoms with E-state index < -0.39 is 0 Å². The molecule has 2 aromatic rings. The monoisotopic (exact) mass is 411 g/mol. The van der Waals surface area contributed by atoms with Crippen molar-refractivity contribution in [1.82, 2.24) is 10.4 Å². The fraction of sp³-hybridized carbons (Fsp3) is 0.133. The zero-order valence-electron chi connectivity index (χ0n) is 11.8. The first-order valence-electron chi connectivity index (χ1n) is 6.50. The van der Waals surface area contributed by atoms with E-state index in [1.54, 1.807) is 30.5 Å². The van der Waals surface area contributed by atoms with Crippen molar-refractivity contribution in [3.05, 3.63) is 51.4 Å². The Bertz CT molecular complexity index is 690. The van der Waals surface area contributed by atoms with Crippen LogP contribution in [0.25, 0.3) is 0 Å². The maximum Gasteiger partial charge on any atom is 0.272 e. The minimum absolute atomic E-state index is 0.0963. The summed E-state index contributed by atoms with van der Waals surface area (Å²) in [6.45, 7) is 2.28. The van der Waals surface area contributed by atoms with Crippen molar-refractivity contribution in [3.8, 4) is 11.5 Å². The van der Waals surface area contributed by atoms with E-state index >= 15 is 0 Å². The van der Waals surface area contributed by atoms with E-state index in [4.69, 9.17) is 4.74 Å².